The van der Waals surface area contributed by atoms with Crippen LogP contribution in [0.5, 0.6) is 0 Å². The standard InChI is InChI=1S/C2H4NOP/c1-2(4)3-5/h5H,1H3. The van der Waals surface area contributed by atoms with Gasteiger partial charge in [0.15, 0.2) is 0 Å². The number of rotatable bonds is 0. The quantitative estimate of drug-likeness (QED) is 0.404. The van der Waals surface area contributed by atoms with Crippen molar-refractivity contribution in [3.8, 4) is 0 Å². The Morgan fingerprint density at radius 3 is 2.20 bits per heavy atom. The van der Waals surface area contributed by atoms with E-state index in [9.17, 15) is 4.79 Å². The second-order valence-electron chi connectivity index (χ2n) is 0.631. The Bertz CT molecular complexity index is 60.7. The molecule has 0 spiro atoms. The van der Waals surface area contributed by atoms with E-state index in [0.717, 1.165) is 0 Å². The lowest BCUT2D eigenvalue weighted by Crippen LogP contribution is -1.72. The summed E-state index contributed by atoms with van der Waals surface area (Å²) in [6.45, 7) is 1.37. The van der Waals surface area contributed by atoms with Crippen molar-refractivity contribution in [1.29, 1.82) is 0 Å². The summed E-state index contributed by atoms with van der Waals surface area (Å²) in [6, 6.07) is 0. The lowest BCUT2D eigenvalue weighted by atomic mass is 10.8. The molecule has 0 saturated heterocycles. The molecule has 1 amide bonds. The van der Waals surface area contributed by atoms with Crippen LogP contribution in [0.25, 0.3) is 0 Å². The second-order valence-corrected chi connectivity index (χ2v) is 0.854. The molecule has 0 saturated carbocycles. The molecule has 0 aliphatic carbocycles. The van der Waals surface area contributed by atoms with E-state index in [2.05, 4.69) is 13.8 Å². The molecular weight excluding hydrogens is 85.0 g/mol. The predicted molar refractivity (Wildman–Crippen MR) is 21.4 cm³/mol. The topological polar surface area (TPSA) is 29.4 Å². The monoisotopic (exact) mass is 89.0 g/mol. The first-order chi connectivity index (χ1) is 2.27. The van der Waals surface area contributed by atoms with Crippen LogP contribution < -0.4 is 0 Å². The van der Waals surface area contributed by atoms with Crippen LogP contribution >= 0.6 is 9.03 Å². The van der Waals surface area contributed by atoms with Crippen LogP contribution in [0, 0.1) is 0 Å². The fourth-order valence-electron chi connectivity index (χ4n) is 0. The highest BCUT2D eigenvalue weighted by Gasteiger charge is 1.71. The van der Waals surface area contributed by atoms with E-state index < -0.39 is 0 Å². The smallest absolute Gasteiger partial charge is 0.245 e. The maximum atomic E-state index is 9.60. The molecule has 28 valence electrons. The summed E-state index contributed by atoms with van der Waals surface area (Å²) in [6.07, 6.45) is 0. The summed E-state index contributed by atoms with van der Waals surface area (Å²) < 4.78 is 3.06. The van der Waals surface area contributed by atoms with Crippen LogP contribution in [0.4, 0.5) is 0 Å². The van der Waals surface area contributed by atoms with E-state index in [0.29, 0.717) is 0 Å². The maximum absolute atomic E-state index is 9.60. The van der Waals surface area contributed by atoms with Crippen LogP contribution in [-0.2, 0) is 4.79 Å². The molecule has 0 atom stereocenters. The van der Waals surface area contributed by atoms with Gasteiger partial charge in [-0.15, -0.1) is 0 Å². The molecule has 0 N–H and O–H groups in total. The van der Waals surface area contributed by atoms with E-state index in [1.807, 2.05) is 0 Å². The van der Waals surface area contributed by atoms with Gasteiger partial charge in [0.2, 0.25) is 5.91 Å². The minimum atomic E-state index is -0.207. The van der Waals surface area contributed by atoms with Crippen molar-refractivity contribution in [2.75, 3.05) is 0 Å². The highest BCUT2D eigenvalue weighted by molar-refractivity contribution is 7.04. The highest BCUT2D eigenvalue weighted by atomic mass is 31.0. The fraction of sp³-hybridized carbons (Fsp3) is 0.500. The molecule has 2 nitrogen and oxygen atoms in total. The molecule has 0 aliphatic heterocycles. The van der Waals surface area contributed by atoms with Gasteiger partial charge in [0.05, 0.1) is 0 Å². The van der Waals surface area contributed by atoms with Crippen molar-refractivity contribution in [3.63, 3.8) is 0 Å². The van der Waals surface area contributed by atoms with E-state index in [4.69, 9.17) is 0 Å². The third-order valence-corrected chi connectivity index (χ3v) is 0.472. The van der Waals surface area contributed by atoms with Crippen LogP contribution in [0.15, 0.2) is 4.74 Å². The normalized spacial score (nSPS) is 6.60. The Balaban J connectivity index is 3.20. The van der Waals surface area contributed by atoms with E-state index in [1.165, 1.54) is 6.92 Å². The molecule has 0 heterocycles. The Hall–Kier alpha value is -0.230. The number of hydrogen-bond acceptors (Lipinski definition) is 1. The van der Waals surface area contributed by atoms with Crippen molar-refractivity contribution >= 4 is 14.9 Å². The lowest BCUT2D eigenvalue weighted by Gasteiger charge is -1.63. The van der Waals surface area contributed by atoms with E-state index in [1.54, 1.807) is 0 Å². The molecular formula is C2H4NOP. The summed E-state index contributed by atoms with van der Waals surface area (Å²) in [5, 5.41) is 0. The molecule has 3 heteroatoms. The average Bonchev–Trinajstić information content (AvgIpc) is 1.38. The zero-order chi connectivity index (χ0) is 4.28. The van der Waals surface area contributed by atoms with Gasteiger partial charge in [-0.2, -0.15) is 0 Å². The van der Waals surface area contributed by atoms with Crippen LogP contribution in [0.2, 0.25) is 0 Å². The minimum Gasteiger partial charge on any atom is -0.273 e. The van der Waals surface area contributed by atoms with Gasteiger partial charge < -0.3 is 0 Å². The van der Waals surface area contributed by atoms with Crippen LogP contribution in [0.1, 0.15) is 6.92 Å². The summed E-state index contributed by atoms with van der Waals surface area (Å²) in [7, 11) is 2.63. The second kappa shape index (κ2) is 2.04. The summed E-state index contributed by atoms with van der Waals surface area (Å²) >= 11 is 0. The number of hydrogen-bond donors (Lipinski definition) is 0. The number of nitrogens with zero attached hydrogens (tertiary/aromatic N) is 1. The van der Waals surface area contributed by atoms with Gasteiger partial charge >= 0.3 is 0 Å². The average molecular weight is 89.0 g/mol. The summed E-state index contributed by atoms with van der Waals surface area (Å²) in [5.74, 6) is -0.207. The van der Waals surface area contributed by atoms with E-state index >= 15 is 0 Å². The van der Waals surface area contributed by atoms with Crippen molar-refractivity contribution in [2.45, 2.75) is 6.92 Å². The first-order valence-electron chi connectivity index (χ1n) is 1.15. The first kappa shape index (κ1) is 4.77. The molecule has 0 bridgehead atoms. The molecule has 0 aromatic rings. The number of carbonyl (C=O) groups is 1. The van der Waals surface area contributed by atoms with Gasteiger partial charge in [-0.05, 0) is 9.03 Å². The fourth-order valence-corrected chi connectivity index (χ4v) is 0. The van der Waals surface area contributed by atoms with Gasteiger partial charge in [0, 0.05) is 6.92 Å². The van der Waals surface area contributed by atoms with Crippen LogP contribution in [0.3, 0.4) is 0 Å². The van der Waals surface area contributed by atoms with Crippen molar-refractivity contribution in [1.82, 2.24) is 0 Å². The number of carbonyl (C=O) groups excluding carboxylic acids is 1. The Labute approximate surface area is 32.5 Å². The molecule has 0 aliphatic rings. The third kappa shape index (κ3) is 3.77. The molecule has 0 aromatic carbocycles. The Morgan fingerprint density at radius 2 is 2.20 bits per heavy atom. The maximum Gasteiger partial charge on any atom is 0.245 e. The number of amides is 1. The molecule has 0 fully saturated rings. The summed E-state index contributed by atoms with van der Waals surface area (Å²) in [4.78, 5) is 9.60. The van der Waals surface area contributed by atoms with Crippen molar-refractivity contribution < 1.29 is 4.79 Å². The highest BCUT2D eigenvalue weighted by Crippen LogP contribution is 1.71. The minimum absolute atomic E-state index is 0.207. The Kier molecular flexibility index (Phi) is 1.94. The van der Waals surface area contributed by atoms with E-state index in [-0.39, 0.29) is 5.91 Å². The Morgan fingerprint density at radius 1 is 2.00 bits per heavy atom. The third-order valence-electron chi connectivity index (χ3n) is 0.157. The zero-order valence-corrected chi connectivity index (χ0v) is 3.86. The van der Waals surface area contributed by atoms with Crippen molar-refractivity contribution in [2.24, 2.45) is 4.74 Å². The molecule has 0 radical (unpaired) electrons. The van der Waals surface area contributed by atoms with Gasteiger partial charge in [-0.3, -0.25) is 4.79 Å². The molecule has 5 heavy (non-hydrogen) atoms. The van der Waals surface area contributed by atoms with Gasteiger partial charge in [-0.25, -0.2) is 4.74 Å². The molecule has 0 aromatic heterocycles. The largest absolute Gasteiger partial charge is 0.273 e. The van der Waals surface area contributed by atoms with Gasteiger partial charge in [0.1, 0.15) is 0 Å². The van der Waals surface area contributed by atoms with Crippen LogP contribution in [-0.4, -0.2) is 5.91 Å². The summed E-state index contributed by atoms with van der Waals surface area (Å²) in [5.41, 5.74) is 0. The SMILES string of the molecule is CC(=O)N=P. The molecule has 0 rings (SSSR count). The molecule has 0 unspecified atom stereocenters. The predicted octanol–water partition coefficient (Wildman–Crippen LogP) is 0.859. The zero-order valence-electron chi connectivity index (χ0n) is 2.86. The van der Waals surface area contributed by atoms with Crippen molar-refractivity contribution in [3.05, 3.63) is 0 Å². The van der Waals surface area contributed by atoms with Gasteiger partial charge in [0.25, 0.3) is 0 Å². The van der Waals surface area contributed by atoms with Gasteiger partial charge in [-0.1, -0.05) is 0 Å². The lowest BCUT2D eigenvalue weighted by molar-refractivity contribution is -0.115. The first-order valence-corrected chi connectivity index (χ1v) is 1.60.